The van der Waals surface area contributed by atoms with Gasteiger partial charge in [-0.3, -0.25) is 0 Å². The number of benzene rings is 1. The molecule has 1 aliphatic rings. The Morgan fingerprint density at radius 1 is 1.24 bits per heavy atom. The molecule has 0 bridgehead atoms. The molecule has 1 fully saturated rings. The van der Waals surface area contributed by atoms with Crippen LogP contribution in [0, 0.1) is 11.8 Å². The number of ether oxygens (including phenoxy) is 1. The van der Waals surface area contributed by atoms with Gasteiger partial charge in [0.15, 0.2) is 0 Å². The Morgan fingerprint density at radius 3 is 2.65 bits per heavy atom. The lowest BCUT2D eigenvalue weighted by atomic mass is 9.95. The molecule has 1 aromatic rings. The highest BCUT2D eigenvalue weighted by atomic mass is 35.5. The van der Waals surface area contributed by atoms with Crippen molar-refractivity contribution in [1.82, 2.24) is 0 Å². The molecule has 0 radical (unpaired) electrons. The van der Waals surface area contributed by atoms with Gasteiger partial charge in [-0.05, 0) is 36.7 Å². The maximum atomic E-state index is 6.23. The van der Waals surface area contributed by atoms with Crippen LogP contribution in [-0.4, -0.2) is 12.0 Å². The highest BCUT2D eigenvalue weighted by Gasteiger charge is 2.30. The van der Waals surface area contributed by atoms with Crippen LogP contribution in [0.1, 0.15) is 31.7 Å². The van der Waals surface area contributed by atoms with Crippen LogP contribution < -0.4 is 0 Å². The van der Waals surface area contributed by atoms with Gasteiger partial charge in [-0.15, -0.1) is 11.6 Å². The summed E-state index contributed by atoms with van der Waals surface area (Å²) in [5.41, 5.74) is 1.25. The highest BCUT2D eigenvalue weighted by Crippen LogP contribution is 2.37. The molecule has 3 unspecified atom stereocenters. The van der Waals surface area contributed by atoms with E-state index >= 15 is 0 Å². The van der Waals surface area contributed by atoms with Crippen LogP contribution in [0.3, 0.4) is 0 Å². The Labute approximate surface area is 109 Å². The predicted octanol–water partition coefficient (Wildman–Crippen LogP) is 4.25. The molecule has 0 spiro atoms. The molecule has 0 amide bonds. The lowest BCUT2D eigenvalue weighted by Gasteiger charge is -2.16. The monoisotopic (exact) mass is 252 g/mol. The van der Waals surface area contributed by atoms with Crippen LogP contribution >= 0.6 is 11.6 Å². The van der Waals surface area contributed by atoms with Crippen molar-refractivity contribution in [3.05, 3.63) is 35.9 Å². The van der Waals surface area contributed by atoms with Gasteiger partial charge in [0, 0.05) is 12.0 Å². The van der Waals surface area contributed by atoms with Crippen LogP contribution in [0.4, 0.5) is 0 Å². The van der Waals surface area contributed by atoms with Crippen molar-refractivity contribution in [2.45, 2.75) is 38.2 Å². The zero-order chi connectivity index (χ0) is 12.1. The third-order valence-electron chi connectivity index (χ3n) is 3.87. The van der Waals surface area contributed by atoms with Crippen molar-refractivity contribution >= 4 is 11.6 Å². The fourth-order valence-corrected chi connectivity index (χ4v) is 2.93. The molecule has 1 nitrogen and oxygen atoms in total. The van der Waals surface area contributed by atoms with E-state index < -0.39 is 0 Å². The van der Waals surface area contributed by atoms with Crippen LogP contribution in [0.2, 0.25) is 0 Å². The van der Waals surface area contributed by atoms with Crippen LogP contribution in [0.15, 0.2) is 30.3 Å². The van der Waals surface area contributed by atoms with Crippen molar-refractivity contribution in [2.24, 2.45) is 11.8 Å². The summed E-state index contributed by atoms with van der Waals surface area (Å²) in [6.45, 7) is 3.85. The number of alkyl halides is 1. The summed E-state index contributed by atoms with van der Waals surface area (Å²) in [4.78, 5) is 0. The normalized spacial score (nSPS) is 28.5. The standard InChI is InChI=1S/C15H21ClO/c1-12-14(7-8-15(12)16)9-10-17-11-13-5-3-2-4-6-13/h2-6,12,14-15H,7-11H2,1H3. The zero-order valence-corrected chi connectivity index (χ0v) is 11.2. The number of rotatable bonds is 5. The quantitative estimate of drug-likeness (QED) is 0.562. The van der Waals surface area contributed by atoms with E-state index in [2.05, 4.69) is 31.2 Å². The molecule has 3 atom stereocenters. The van der Waals surface area contributed by atoms with Gasteiger partial charge in [-0.2, -0.15) is 0 Å². The minimum absolute atomic E-state index is 0.383. The Morgan fingerprint density at radius 2 is 2.00 bits per heavy atom. The summed E-state index contributed by atoms with van der Waals surface area (Å²) >= 11 is 6.23. The van der Waals surface area contributed by atoms with Gasteiger partial charge < -0.3 is 4.74 Å². The fourth-order valence-electron chi connectivity index (χ4n) is 2.60. The second-order valence-corrected chi connectivity index (χ2v) is 5.60. The topological polar surface area (TPSA) is 9.23 Å². The fraction of sp³-hybridized carbons (Fsp3) is 0.600. The molecule has 0 aliphatic heterocycles. The molecule has 1 saturated carbocycles. The highest BCUT2D eigenvalue weighted by molar-refractivity contribution is 6.20. The molecule has 94 valence electrons. The first-order valence-corrected chi connectivity index (χ1v) is 6.97. The average molecular weight is 253 g/mol. The first-order valence-electron chi connectivity index (χ1n) is 6.53. The first kappa shape index (κ1) is 12.9. The maximum absolute atomic E-state index is 6.23. The maximum Gasteiger partial charge on any atom is 0.0716 e. The van der Waals surface area contributed by atoms with E-state index in [4.69, 9.17) is 16.3 Å². The van der Waals surface area contributed by atoms with E-state index in [1.165, 1.54) is 18.4 Å². The van der Waals surface area contributed by atoms with Gasteiger partial charge in [0.2, 0.25) is 0 Å². The summed E-state index contributed by atoms with van der Waals surface area (Å²) in [5, 5.41) is 0.383. The molecule has 0 saturated heterocycles. The number of halogens is 1. The lowest BCUT2D eigenvalue weighted by Crippen LogP contribution is -2.13. The summed E-state index contributed by atoms with van der Waals surface area (Å²) in [6, 6.07) is 10.3. The molecule has 0 heterocycles. The van der Waals surface area contributed by atoms with Crippen molar-refractivity contribution in [3.8, 4) is 0 Å². The average Bonchev–Trinajstić information content (AvgIpc) is 2.67. The van der Waals surface area contributed by atoms with Crippen molar-refractivity contribution < 1.29 is 4.74 Å². The van der Waals surface area contributed by atoms with Gasteiger partial charge in [-0.25, -0.2) is 0 Å². The number of hydrogen-bond donors (Lipinski definition) is 0. The van der Waals surface area contributed by atoms with E-state index in [0.29, 0.717) is 11.3 Å². The first-order chi connectivity index (χ1) is 8.27. The smallest absolute Gasteiger partial charge is 0.0716 e. The molecule has 2 rings (SSSR count). The zero-order valence-electron chi connectivity index (χ0n) is 10.4. The molecule has 2 heteroatoms. The van der Waals surface area contributed by atoms with Crippen LogP contribution in [0.25, 0.3) is 0 Å². The second-order valence-electron chi connectivity index (χ2n) is 5.04. The molecule has 0 aromatic heterocycles. The third kappa shape index (κ3) is 3.72. The summed E-state index contributed by atoms with van der Waals surface area (Å²) in [5.74, 6) is 1.41. The lowest BCUT2D eigenvalue weighted by molar-refractivity contribution is 0.103. The Hall–Kier alpha value is -0.530. The third-order valence-corrected chi connectivity index (χ3v) is 4.49. The molecule has 1 aliphatic carbocycles. The Kier molecular flexibility index (Phi) is 4.87. The van der Waals surface area contributed by atoms with Crippen LogP contribution in [0.5, 0.6) is 0 Å². The van der Waals surface area contributed by atoms with Crippen molar-refractivity contribution in [1.29, 1.82) is 0 Å². The van der Waals surface area contributed by atoms with E-state index in [9.17, 15) is 0 Å². The van der Waals surface area contributed by atoms with E-state index in [0.717, 1.165) is 25.6 Å². The summed E-state index contributed by atoms with van der Waals surface area (Å²) in [7, 11) is 0. The summed E-state index contributed by atoms with van der Waals surface area (Å²) < 4.78 is 5.72. The van der Waals surface area contributed by atoms with Gasteiger partial charge in [-0.1, -0.05) is 37.3 Å². The molecular formula is C15H21ClO. The molecule has 17 heavy (non-hydrogen) atoms. The van der Waals surface area contributed by atoms with E-state index in [1.807, 2.05) is 6.07 Å². The predicted molar refractivity (Wildman–Crippen MR) is 72.2 cm³/mol. The van der Waals surface area contributed by atoms with Gasteiger partial charge >= 0.3 is 0 Å². The molecule has 0 N–H and O–H groups in total. The minimum atomic E-state index is 0.383. The minimum Gasteiger partial charge on any atom is -0.377 e. The van der Waals surface area contributed by atoms with Crippen molar-refractivity contribution in [3.63, 3.8) is 0 Å². The Bertz CT molecular complexity index is 325. The number of hydrogen-bond acceptors (Lipinski definition) is 1. The molecular weight excluding hydrogens is 232 g/mol. The van der Waals surface area contributed by atoms with E-state index in [-0.39, 0.29) is 0 Å². The van der Waals surface area contributed by atoms with E-state index in [1.54, 1.807) is 0 Å². The van der Waals surface area contributed by atoms with Crippen LogP contribution in [-0.2, 0) is 11.3 Å². The van der Waals surface area contributed by atoms with Gasteiger partial charge in [0.25, 0.3) is 0 Å². The van der Waals surface area contributed by atoms with Gasteiger partial charge in [0.05, 0.1) is 6.61 Å². The summed E-state index contributed by atoms with van der Waals surface area (Å²) in [6.07, 6.45) is 3.59. The second kappa shape index (κ2) is 6.42. The van der Waals surface area contributed by atoms with Crippen molar-refractivity contribution in [2.75, 3.05) is 6.61 Å². The SMILES string of the molecule is CC1C(Cl)CCC1CCOCc1ccccc1. The Balaban J connectivity index is 1.64. The largest absolute Gasteiger partial charge is 0.377 e. The molecule has 1 aromatic carbocycles. The van der Waals surface area contributed by atoms with Gasteiger partial charge in [0.1, 0.15) is 0 Å².